The van der Waals surface area contributed by atoms with Gasteiger partial charge in [-0.25, -0.2) is 9.52 Å². The molecule has 1 aromatic carbocycles. The molecule has 8 heteroatoms. The first-order chi connectivity index (χ1) is 7.93. The first kappa shape index (κ1) is 11.7. The number of aryl methyl sites for hydroxylation is 1. The van der Waals surface area contributed by atoms with E-state index in [-0.39, 0.29) is 0 Å². The molecule has 2 aromatic rings. The summed E-state index contributed by atoms with van der Waals surface area (Å²) in [4.78, 5) is 11.2. The van der Waals surface area contributed by atoms with Crippen molar-refractivity contribution in [2.45, 2.75) is 0 Å². The van der Waals surface area contributed by atoms with Crippen molar-refractivity contribution in [3.05, 3.63) is 28.7 Å². The van der Waals surface area contributed by atoms with Crippen molar-refractivity contribution in [3.8, 4) is 0 Å². The first-order valence-corrected chi connectivity index (χ1v) is 6.22. The van der Waals surface area contributed by atoms with Gasteiger partial charge in [0.1, 0.15) is 0 Å². The molecule has 0 bridgehead atoms. The van der Waals surface area contributed by atoms with Gasteiger partial charge >= 0.3 is 5.76 Å². The van der Waals surface area contributed by atoms with Crippen LogP contribution in [0, 0.1) is 0 Å². The second-order valence-corrected chi connectivity index (χ2v) is 5.04. The lowest BCUT2D eigenvalue weighted by molar-refractivity contribution is 0.528. The van der Waals surface area contributed by atoms with Crippen LogP contribution in [0.15, 0.2) is 27.4 Å². The largest absolute Gasteiger partial charge is 0.419 e. The Labute approximate surface area is 97.2 Å². The Hall–Kier alpha value is -1.80. The highest BCUT2D eigenvalue weighted by Crippen LogP contribution is 2.18. The number of hydrogen-bond donors (Lipinski definition) is 2. The number of rotatable bonds is 3. The number of nitrogens with one attached hydrogen (secondary N) is 2. The van der Waals surface area contributed by atoms with Gasteiger partial charge in [0.05, 0.1) is 11.2 Å². The predicted molar refractivity (Wildman–Crippen MR) is 63.1 cm³/mol. The average Bonchev–Trinajstić information content (AvgIpc) is 2.55. The molecule has 1 heterocycles. The second kappa shape index (κ2) is 3.90. The van der Waals surface area contributed by atoms with Gasteiger partial charge < -0.3 is 4.42 Å². The maximum Gasteiger partial charge on any atom is 0.419 e. The molecule has 0 unspecified atom stereocenters. The number of benzene rings is 1. The summed E-state index contributed by atoms with van der Waals surface area (Å²) in [5.41, 5.74) is 1.28. The molecule has 0 aliphatic carbocycles. The van der Waals surface area contributed by atoms with E-state index in [1.807, 2.05) is 0 Å². The fourth-order valence-corrected chi connectivity index (χ4v) is 1.94. The minimum absolute atomic E-state index is 0.350. The van der Waals surface area contributed by atoms with Gasteiger partial charge in [0.2, 0.25) is 0 Å². The zero-order chi connectivity index (χ0) is 12.6. The molecule has 0 amide bonds. The quantitative estimate of drug-likeness (QED) is 0.809. The minimum atomic E-state index is -3.57. The number of hydrogen-bond acceptors (Lipinski definition) is 4. The van der Waals surface area contributed by atoms with Crippen LogP contribution in [-0.2, 0) is 17.3 Å². The van der Waals surface area contributed by atoms with E-state index in [4.69, 9.17) is 4.42 Å². The van der Waals surface area contributed by atoms with E-state index < -0.39 is 16.0 Å². The van der Waals surface area contributed by atoms with Gasteiger partial charge in [-0.3, -0.25) is 9.29 Å². The zero-order valence-electron chi connectivity index (χ0n) is 9.22. The Morgan fingerprint density at radius 2 is 2.06 bits per heavy atom. The lowest BCUT2D eigenvalue weighted by atomic mass is 10.3. The Balaban J connectivity index is 2.51. The molecule has 92 valence electrons. The fraction of sp³-hybridized carbons (Fsp3) is 0.222. The minimum Gasteiger partial charge on any atom is -0.408 e. The summed E-state index contributed by atoms with van der Waals surface area (Å²) in [6.07, 6.45) is 0. The van der Waals surface area contributed by atoms with E-state index >= 15 is 0 Å². The van der Waals surface area contributed by atoms with Crippen LogP contribution in [0.1, 0.15) is 0 Å². The van der Waals surface area contributed by atoms with Gasteiger partial charge in [-0.15, -0.1) is 0 Å². The van der Waals surface area contributed by atoms with E-state index in [1.54, 1.807) is 7.05 Å². The molecule has 0 spiro atoms. The zero-order valence-corrected chi connectivity index (χ0v) is 10.0. The molecular formula is C9H11N3O4S. The Morgan fingerprint density at radius 3 is 2.71 bits per heavy atom. The normalized spacial score (nSPS) is 11.9. The van der Waals surface area contributed by atoms with Crippen molar-refractivity contribution in [1.82, 2.24) is 9.29 Å². The van der Waals surface area contributed by atoms with Crippen LogP contribution in [0.3, 0.4) is 0 Å². The number of anilines is 1. The molecule has 1 aromatic heterocycles. The maximum atomic E-state index is 11.3. The predicted octanol–water partition coefficient (Wildman–Crippen LogP) is 0.00760. The van der Waals surface area contributed by atoms with E-state index in [9.17, 15) is 13.2 Å². The molecule has 0 atom stereocenters. The topological polar surface area (TPSA) is 93.3 Å². The standard InChI is InChI=1S/C9H11N3O4S/c1-10-17(14,15)11-6-3-4-8-7(5-6)12(2)9(13)16-8/h3-5,10-11H,1-2H3. The van der Waals surface area contributed by atoms with Crippen molar-refractivity contribution in [2.24, 2.45) is 7.05 Å². The first-order valence-electron chi connectivity index (χ1n) is 4.74. The maximum absolute atomic E-state index is 11.3. The molecule has 7 nitrogen and oxygen atoms in total. The van der Waals surface area contributed by atoms with Crippen LogP contribution in [0.25, 0.3) is 11.1 Å². The number of fused-ring (bicyclic) bond motifs is 1. The van der Waals surface area contributed by atoms with E-state index in [2.05, 4.69) is 9.44 Å². The molecule has 0 aliphatic rings. The van der Waals surface area contributed by atoms with E-state index in [0.717, 1.165) is 0 Å². The SMILES string of the molecule is CNS(=O)(=O)Nc1ccc2oc(=O)n(C)c2c1. The van der Waals surface area contributed by atoms with Gasteiger partial charge in [-0.05, 0) is 18.2 Å². The smallest absolute Gasteiger partial charge is 0.408 e. The summed E-state index contributed by atoms with van der Waals surface area (Å²) in [7, 11) is -0.719. The summed E-state index contributed by atoms with van der Waals surface area (Å²) >= 11 is 0. The third-order valence-corrected chi connectivity index (χ3v) is 3.35. The summed E-state index contributed by atoms with van der Waals surface area (Å²) in [5, 5.41) is 0. The van der Waals surface area contributed by atoms with E-state index in [1.165, 1.54) is 29.8 Å². The highest BCUT2D eigenvalue weighted by molar-refractivity contribution is 7.90. The molecule has 0 radical (unpaired) electrons. The molecule has 17 heavy (non-hydrogen) atoms. The Bertz CT molecular complexity index is 713. The van der Waals surface area contributed by atoms with Gasteiger partial charge in [0.25, 0.3) is 10.2 Å². The van der Waals surface area contributed by atoms with Crippen LogP contribution in [0.5, 0.6) is 0 Å². The highest BCUT2D eigenvalue weighted by atomic mass is 32.2. The van der Waals surface area contributed by atoms with Gasteiger partial charge in [-0.1, -0.05) is 0 Å². The van der Waals surface area contributed by atoms with E-state index in [0.29, 0.717) is 16.8 Å². The van der Waals surface area contributed by atoms with Crippen molar-refractivity contribution in [2.75, 3.05) is 11.8 Å². The summed E-state index contributed by atoms with van der Waals surface area (Å²) in [6, 6.07) is 4.57. The Morgan fingerprint density at radius 1 is 1.35 bits per heavy atom. The molecule has 2 N–H and O–H groups in total. The molecule has 0 aliphatic heterocycles. The third kappa shape index (κ3) is 2.17. The van der Waals surface area contributed by atoms with Crippen LogP contribution >= 0.6 is 0 Å². The fourth-order valence-electron chi connectivity index (χ4n) is 1.40. The summed E-state index contributed by atoms with van der Waals surface area (Å²) < 4.78 is 33.2. The third-order valence-electron chi connectivity index (χ3n) is 2.31. The molecular weight excluding hydrogens is 246 g/mol. The van der Waals surface area contributed by atoms with Crippen molar-refractivity contribution < 1.29 is 12.8 Å². The van der Waals surface area contributed by atoms with Gasteiger partial charge in [-0.2, -0.15) is 8.42 Å². The summed E-state index contributed by atoms with van der Waals surface area (Å²) in [5.74, 6) is -0.492. The van der Waals surface area contributed by atoms with Crippen LogP contribution < -0.4 is 15.2 Å². The Kier molecular flexibility index (Phi) is 2.68. The lowest BCUT2D eigenvalue weighted by Gasteiger charge is -2.05. The lowest BCUT2D eigenvalue weighted by Crippen LogP contribution is -2.26. The van der Waals surface area contributed by atoms with Gasteiger partial charge in [0, 0.05) is 14.1 Å². The van der Waals surface area contributed by atoms with Crippen molar-refractivity contribution >= 4 is 27.0 Å². The van der Waals surface area contributed by atoms with Crippen LogP contribution in [0.4, 0.5) is 5.69 Å². The van der Waals surface area contributed by atoms with Crippen molar-refractivity contribution in [1.29, 1.82) is 0 Å². The molecule has 0 saturated carbocycles. The van der Waals surface area contributed by atoms with Crippen LogP contribution in [-0.4, -0.2) is 20.0 Å². The number of nitrogens with zero attached hydrogens (tertiary/aromatic N) is 1. The van der Waals surface area contributed by atoms with Crippen molar-refractivity contribution in [3.63, 3.8) is 0 Å². The average molecular weight is 257 g/mol. The monoisotopic (exact) mass is 257 g/mol. The van der Waals surface area contributed by atoms with Gasteiger partial charge in [0.15, 0.2) is 5.58 Å². The molecule has 0 fully saturated rings. The summed E-state index contributed by atoms with van der Waals surface area (Å²) in [6.45, 7) is 0. The second-order valence-electron chi connectivity index (χ2n) is 3.42. The molecule has 0 saturated heterocycles. The number of aromatic nitrogens is 1. The molecule has 2 rings (SSSR count). The number of oxazole rings is 1. The highest BCUT2D eigenvalue weighted by Gasteiger charge is 2.10. The van der Waals surface area contributed by atoms with Crippen LogP contribution in [0.2, 0.25) is 0 Å².